The van der Waals surface area contributed by atoms with Gasteiger partial charge in [-0.2, -0.15) is 0 Å². The number of rotatable bonds is 4. The fourth-order valence-electron chi connectivity index (χ4n) is 2.48. The predicted molar refractivity (Wildman–Crippen MR) is 82.2 cm³/mol. The third-order valence-electron chi connectivity index (χ3n) is 3.54. The van der Waals surface area contributed by atoms with E-state index in [2.05, 4.69) is 5.32 Å². The lowest BCUT2D eigenvalue weighted by atomic mass is 10.2. The number of anilines is 1. The van der Waals surface area contributed by atoms with Crippen LogP contribution in [0.1, 0.15) is 28.9 Å². The van der Waals surface area contributed by atoms with Crippen LogP contribution in [0.4, 0.5) is 5.69 Å². The fourth-order valence-corrected chi connectivity index (χ4v) is 3.44. The number of carbonyl (C=O) groups excluding carboxylic acids is 1. The van der Waals surface area contributed by atoms with Crippen LogP contribution in [-0.2, 0) is 4.74 Å². The minimum absolute atomic E-state index is 0.0113. The standard InChI is InChI=1S/C15H18N2O2S/c16-11-3-4-13-10(8-11)9-14(20-13)15(18)17-6-5-12-2-1-7-19-12/h3-4,8-9,12H,1-2,5-7,16H2,(H,17,18). The van der Waals surface area contributed by atoms with Gasteiger partial charge < -0.3 is 15.8 Å². The highest BCUT2D eigenvalue weighted by molar-refractivity contribution is 7.20. The van der Waals surface area contributed by atoms with Gasteiger partial charge in [-0.1, -0.05) is 0 Å². The summed E-state index contributed by atoms with van der Waals surface area (Å²) < 4.78 is 6.63. The van der Waals surface area contributed by atoms with Gasteiger partial charge in [0, 0.05) is 23.5 Å². The monoisotopic (exact) mass is 290 g/mol. The van der Waals surface area contributed by atoms with E-state index >= 15 is 0 Å². The highest BCUT2D eigenvalue weighted by atomic mass is 32.1. The largest absolute Gasteiger partial charge is 0.399 e. The zero-order valence-electron chi connectivity index (χ0n) is 11.2. The molecular formula is C15H18N2O2S. The van der Waals surface area contributed by atoms with Crippen molar-refractivity contribution < 1.29 is 9.53 Å². The van der Waals surface area contributed by atoms with Gasteiger partial charge in [-0.15, -0.1) is 11.3 Å². The van der Waals surface area contributed by atoms with Gasteiger partial charge in [-0.3, -0.25) is 4.79 Å². The number of ether oxygens (including phenoxy) is 1. The van der Waals surface area contributed by atoms with Gasteiger partial charge in [-0.05, 0) is 48.9 Å². The maximum Gasteiger partial charge on any atom is 0.261 e. The summed E-state index contributed by atoms with van der Waals surface area (Å²) in [5, 5.41) is 3.99. The number of hydrogen-bond donors (Lipinski definition) is 2. The molecule has 0 saturated carbocycles. The third kappa shape index (κ3) is 2.94. The zero-order valence-corrected chi connectivity index (χ0v) is 12.0. The Kier molecular flexibility index (Phi) is 3.89. The van der Waals surface area contributed by atoms with Crippen molar-refractivity contribution in [1.29, 1.82) is 0 Å². The molecule has 3 rings (SSSR count). The van der Waals surface area contributed by atoms with E-state index in [4.69, 9.17) is 10.5 Å². The highest BCUT2D eigenvalue weighted by Crippen LogP contribution is 2.27. The van der Waals surface area contributed by atoms with Crippen LogP contribution in [-0.4, -0.2) is 25.2 Å². The minimum Gasteiger partial charge on any atom is -0.399 e. The second kappa shape index (κ2) is 5.81. The smallest absolute Gasteiger partial charge is 0.261 e. The second-order valence-electron chi connectivity index (χ2n) is 5.09. The number of nitrogens with one attached hydrogen (secondary N) is 1. The third-order valence-corrected chi connectivity index (χ3v) is 4.65. The highest BCUT2D eigenvalue weighted by Gasteiger charge is 2.16. The van der Waals surface area contributed by atoms with Crippen LogP contribution >= 0.6 is 11.3 Å². The molecule has 1 unspecified atom stereocenters. The van der Waals surface area contributed by atoms with E-state index in [1.165, 1.54) is 11.3 Å². The molecule has 3 N–H and O–H groups in total. The molecule has 2 heterocycles. The quantitative estimate of drug-likeness (QED) is 0.851. The Bertz CT molecular complexity index is 617. The molecule has 0 radical (unpaired) electrons. The first kappa shape index (κ1) is 13.4. The SMILES string of the molecule is Nc1ccc2sc(C(=O)NCCC3CCCO3)cc2c1. The van der Waals surface area contributed by atoms with E-state index < -0.39 is 0 Å². The van der Waals surface area contributed by atoms with Crippen LogP contribution in [0.15, 0.2) is 24.3 Å². The van der Waals surface area contributed by atoms with Gasteiger partial charge in [0.25, 0.3) is 5.91 Å². The average Bonchev–Trinajstić information content (AvgIpc) is 3.06. The van der Waals surface area contributed by atoms with E-state index in [9.17, 15) is 4.79 Å². The maximum absolute atomic E-state index is 12.1. The lowest BCUT2D eigenvalue weighted by Crippen LogP contribution is -2.26. The summed E-state index contributed by atoms with van der Waals surface area (Å²) >= 11 is 1.50. The van der Waals surface area contributed by atoms with E-state index in [0.717, 1.165) is 46.5 Å². The van der Waals surface area contributed by atoms with Crippen LogP contribution in [0.25, 0.3) is 10.1 Å². The minimum atomic E-state index is -0.0113. The molecule has 106 valence electrons. The summed E-state index contributed by atoms with van der Waals surface area (Å²) in [6.45, 7) is 1.52. The van der Waals surface area contributed by atoms with Crippen LogP contribution in [0, 0.1) is 0 Å². The molecule has 1 aromatic heterocycles. The number of amides is 1. The van der Waals surface area contributed by atoms with Crippen LogP contribution < -0.4 is 11.1 Å². The Labute approximate surface area is 121 Å². The summed E-state index contributed by atoms with van der Waals surface area (Å²) in [5.74, 6) is -0.0113. The summed E-state index contributed by atoms with van der Waals surface area (Å²) in [7, 11) is 0. The lowest BCUT2D eigenvalue weighted by Gasteiger charge is -2.09. The van der Waals surface area contributed by atoms with Gasteiger partial charge in [0.1, 0.15) is 0 Å². The molecular weight excluding hydrogens is 272 g/mol. The van der Waals surface area contributed by atoms with Crippen molar-refractivity contribution in [1.82, 2.24) is 5.32 Å². The number of benzene rings is 1. The predicted octanol–water partition coefficient (Wildman–Crippen LogP) is 2.78. The number of carbonyl (C=O) groups is 1. The first-order valence-corrected chi connectivity index (χ1v) is 7.73. The lowest BCUT2D eigenvalue weighted by molar-refractivity contribution is 0.0910. The van der Waals surface area contributed by atoms with Gasteiger partial charge in [0.15, 0.2) is 0 Å². The van der Waals surface area contributed by atoms with Gasteiger partial charge in [0.2, 0.25) is 0 Å². The number of thiophene rings is 1. The molecule has 5 heteroatoms. The Balaban J connectivity index is 1.60. The van der Waals surface area contributed by atoms with E-state index in [1.54, 1.807) is 0 Å². The Morgan fingerprint density at radius 1 is 1.45 bits per heavy atom. The van der Waals surface area contributed by atoms with E-state index in [0.29, 0.717) is 12.6 Å². The molecule has 1 amide bonds. The number of hydrogen-bond acceptors (Lipinski definition) is 4. The normalized spacial score (nSPS) is 18.5. The van der Waals surface area contributed by atoms with E-state index in [1.807, 2.05) is 24.3 Å². The molecule has 1 aliphatic heterocycles. The zero-order chi connectivity index (χ0) is 13.9. The Hall–Kier alpha value is -1.59. The van der Waals surface area contributed by atoms with Gasteiger partial charge in [-0.25, -0.2) is 0 Å². The van der Waals surface area contributed by atoms with Crippen molar-refractivity contribution in [3.8, 4) is 0 Å². The topological polar surface area (TPSA) is 64.4 Å². The molecule has 1 atom stereocenters. The van der Waals surface area contributed by atoms with Gasteiger partial charge in [0.05, 0.1) is 11.0 Å². The molecule has 0 aliphatic carbocycles. The first-order chi connectivity index (χ1) is 9.72. The van der Waals surface area contributed by atoms with Crippen molar-refractivity contribution in [2.45, 2.75) is 25.4 Å². The van der Waals surface area contributed by atoms with Crippen LogP contribution in [0.3, 0.4) is 0 Å². The second-order valence-corrected chi connectivity index (χ2v) is 6.17. The van der Waals surface area contributed by atoms with E-state index in [-0.39, 0.29) is 5.91 Å². The summed E-state index contributed by atoms with van der Waals surface area (Å²) in [4.78, 5) is 12.8. The van der Waals surface area contributed by atoms with Crippen LogP contribution in [0.2, 0.25) is 0 Å². The molecule has 1 aromatic carbocycles. The molecule has 20 heavy (non-hydrogen) atoms. The van der Waals surface area contributed by atoms with Crippen molar-refractivity contribution in [3.05, 3.63) is 29.1 Å². The van der Waals surface area contributed by atoms with Crippen LogP contribution in [0.5, 0.6) is 0 Å². The molecule has 0 bridgehead atoms. The number of fused-ring (bicyclic) bond motifs is 1. The van der Waals surface area contributed by atoms with Crippen molar-refractivity contribution >= 4 is 33.0 Å². The first-order valence-electron chi connectivity index (χ1n) is 6.91. The number of nitrogens with two attached hydrogens (primary N) is 1. The van der Waals surface area contributed by atoms with Crippen molar-refractivity contribution in [2.24, 2.45) is 0 Å². The molecule has 1 aliphatic rings. The molecule has 0 spiro atoms. The number of nitrogen functional groups attached to an aromatic ring is 1. The summed E-state index contributed by atoms with van der Waals surface area (Å²) in [6.07, 6.45) is 3.45. The Morgan fingerprint density at radius 3 is 3.15 bits per heavy atom. The van der Waals surface area contributed by atoms with Crippen molar-refractivity contribution in [3.63, 3.8) is 0 Å². The molecule has 1 saturated heterocycles. The Morgan fingerprint density at radius 2 is 2.35 bits per heavy atom. The van der Waals surface area contributed by atoms with Gasteiger partial charge >= 0.3 is 0 Å². The maximum atomic E-state index is 12.1. The molecule has 4 nitrogen and oxygen atoms in total. The average molecular weight is 290 g/mol. The molecule has 2 aromatic rings. The molecule has 1 fully saturated rings. The summed E-state index contributed by atoms with van der Waals surface area (Å²) in [6, 6.07) is 7.61. The summed E-state index contributed by atoms with van der Waals surface area (Å²) in [5.41, 5.74) is 6.47. The van der Waals surface area contributed by atoms with Crippen molar-refractivity contribution in [2.75, 3.05) is 18.9 Å². The fraction of sp³-hybridized carbons (Fsp3) is 0.400.